The van der Waals surface area contributed by atoms with Gasteiger partial charge < -0.3 is 25.2 Å². The van der Waals surface area contributed by atoms with Crippen LogP contribution in [0, 0.1) is 0 Å². The average Bonchev–Trinajstić information content (AvgIpc) is 3.03. The first-order valence-electron chi connectivity index (χ1n) is 12.7. The number of ether oxygens (including phenoxy) is 1. The molecule has 4 rings (SSSR count). The quantitative estimate of drug-likeness (QED) is 0.394. The van der Waals surface area contributed by atoms with E-state index < -0.39 is 52.0 Å². The number of rotatable bonds is 9. The molecule has 0 saturated heterocycles. The minimum atomic E-state index is -3.74. The van der Waals surface area contributed by atoms with E-state index in [1.54, 1.807) is 68.6 Å². The van der Waals surface area contributed by atoms with Crippen LogP contribution in [0.2, 0.25) is 0 Å². The maximum Gasteiger partial charge on any atom is 0.387 e. The number of fused-ring (bicyclic) bond motifs is 2. The first kappa shape index (κ1) is 29.9. The van der Waals surface area contributed by atoms with Gasteiger partial charge in [-0.1, -0.05) is 42.5 Å². The SMILES string of the molecule is CNC(C)C(=O)NC1CN(C(=O)CS(C)(=O)=O)c2ccccc2N(Cc2c(OC(F)F)ccc3ccccc23)C1=O. The van der Waals surface area contributed by atoms with Crippen molar-refractivity contribution < 1.29 is 36.3 Å². The van der Waals surface area contributed by atoms with E-state index in [-0.39, 0.29) is 35.8 Å². The number of likely N-dealkylation sites (N-methyl/N-ethyl adjacent to an activating group) is 1. The van der Waals surface area contributed by atoms with Crippen molar-refractivity contribution in [1.82, 2.24) is 10.6 Å². The molecule has 0 aromatic heterocycles. The van der Waals surface area contributed by atoms with Gasteiger partial charge in [-0.05, 0) is 42.9 Å². The van der Waals surface area contributed by atoms with Crippen LogP contribution in [0.3, 0.4) is 0 Å². The number of hydrogen-bond acceptors (Lipinski definition) is 7. The molecule has 3 aromatic carbocycles. The Kier molecular flexibility index (Phi) is 8.88. The molecule has 13 heteroatoms. The highest BCUT2D eigenvalue weighted by Crippen LogP contribution is 2.37. The Hall–Kier alpha value is -4.10. The lowest BCUT2D eigenvalue weighted by Gasteiger charge is -2.27. The van der Waals surface area contributed by atoms with Gasteiger partial charge in [0, 0.05) is 11.8 Å². The number of para-hydroxylation sites is 2. The van der Waals surface area contributed by atoms with E-state index in [2.05, 4.69) is 10.6 Å². The number of anilines is 2. The van der Waals surface area contributed by atoms with E-state index in [1.807, 2.05) is 0 Å². The largest absolute Gasteiger partial charge is 0.434 e. The van der Waals surface area contributed by atoms with Gasteiger partial charge in [0.15, 0.2) is 9.84 Å². The minimum absolute atomic E-state index is 0.136. The van der Waals surface area contributed by atoms with Crippen LogP contribution in [-0.4, -0.2) is 70.4 Å². The third kappa shape index (κ3) is 6.80. The molecule has 0 bridgehead atoms. The van der Waals surface area contributed by atoms with Crippen LogP contribution in [0.25, 0.3) is 10.8 Å². The normalized spacial score (nSPS) is 16.3. The van der Waals surface area contributed by atoms with Crippen molar-refractivity contribution in [3.8, 4) is 5.75 Å². The summed E-state index contributed by atoms with van der Waals surface area (Å²) < 4.78 is 55.6. The number of sulfone groups is 1. The van der Waals surface area contributed by atoms with Gasteiger partial charge in [0.2, 0.25) is 11.8 Å². The molecule has 41 heavy (non-hydrogen) atoms. The molecule has 1 heterocycles. The van der Waals surface area contributed by atoms with Crippen LogP contribution in [0.5, 0.6) is 5.75 Å². The summed E-state index contributed by atoms with van der Waals surface area (Å²) in [6, 6.07) is 14.4. The maximum atomic E-state index is 14.1. The number of carbonyl (C=O) groups is 3. The molecule has 0 aliphatic carbocycles. The molecule has 2 N–H and O–H groups in total. The fourth-order valence-corrected chi connectivity index (χ4v) is 5.27. The topological polar surface area (TPSA) is 125 Å². The summed E-state index contributed by atoms with van der Waals surface area (Å²) in [5, 5.41) is 6.72. The first-order valence-corrected chi connectivity index (χ1v) is 14.8. The summed E-state index contributed by atoms with van der Waals surface area (Å²) in [6.45, 7) is -2.14. The highest BCUT2D eigenvalue weighted by Gasteiger charge is 2.38. The first-order chi connectivity index (χ1) is 19.4. The second-order valence-electron chi connectivity index (χ2n) is 9.70. The molecule has 0 radical (unpaired) electrons. The molecule has 0 spiro atoms. The van der Waals surface area contributed by atoms with Gasteiger partial charge in [-0.25, -0.2) is 8.42 Å². The van der Waals surface area contributed by atoms with Crippen molar-refractivity contribution in [1.29, 1.82) is 0 Å². The average molecular weight is 589 g/mol. The summed E-state index contributed by atoms with van der Waals surface area (Å²) in [6.07, 6.45) is 0.922. The van der Waals surface area contributed by atoms with Crippen molar-refractivity contribution in [3.63, 3.8) is 0 Å². The summed E-state index contributed by atoms with van der Waals surface area (Å²) >= 11 is 0. The molecule has 0 saturated carbocycles. The lowest BCUT2D eigenvalue weighted by atomic mass is 10.0. The Morgan fingerprint density at radius 2 is 1.71 bits per heavy atom. The third-order valence-electron chi connectivity index (χ3n) is 6.75. The zero-order chi connectivity index (χ0) is 29.9. The Morgan fingerprint density at radius 3 is 2.37 bits per heavy atom. The Bertz CT molecular complexity index is 1580. The van der Waals surface area contributed by atoms with Crippen molar-refractivity contribution in [2.75, 3.05) is 35.4 Å². The van der Waals surface area contributed by atoms with Gasteiger partial charge in [-0.2, -0.15) is 8.78 Å². The van der Waals surface area contributed by atoms with Gasteiger partial charge in [0.1, 0.15) is 17.5 Å². The third-order valence-corrected chi connectivity index (χ3v) is 7.52. The van der Waals surface area contributed by atoms with Crippen LogP contribution in [0.4, 0.5) is 20.2 Å². The number of alkyl halides is 2. The summed E-state index contributed by atoms with van der Waals surface area (Å²) in [7, 11) is -2.17. The van der Waals surface area contributed by atoms with Crippen molar-refractivity contribution in [3.05, 3.63) is 66.2 Å². The summed E-state index contributed by atoms with van der Waals surface area (Å²) in [5.74, 6) is -2.90. The van der Waals surface area contributed by atoms with Crippen LogP contribution in [0.15, 0.2) is 60.7 Å². The molecule has 2 atom stereocenters. The van der Waals surface area contributed by atoms with Crippen LogP contribution >= 0.6 is 0 Å². The molecule has 1 aliphatic heterocycles. The monoisotopic (exact) mass is 588 g/mol. The van der Waals surface area contributed by atoms with Gasteiger partial charge >= 0.3 is 6.61 Å². The number of amides is 3. The molecule has 3 aromatic rings. The fraction of sp³-hybridized carbons (Fsp3) is 0.321. The highest BCUT2D eigenvalue weighted by atomic mass is 32.2. The molecular formula is C28H30F2N4O6S. The number of halogens is 2. The summed E-state index contributed by atoms with van der Waals surface area (Å²) in [5.41, 5.74) is 0.745. The number of nitrogens with zero attached hydrogens (tertiary/aromatic N) is 2. The Morgan fingerprint density at radius 1 is 1.05 bits per heavy atom. The maximum absolute atomic E-state index is 14.1. The van der Waals surface area contributed by atoms with Gasteiger partial charge in [0.25, 0.3) is 5.91 Å². The van der Waals surface area contributed by atoms with Crippen molar-refractivity contribution in [2.45, 2.75) is 32.2 Å². The second kappa shape index (κ2) is 12.2. The predicted octanol–water partition coefficient (Wildman–Crippen LogP) is 2.46. The van der Waals surface area contributed by atoms with E-state index in [4.69, 9.17) is 4.74 Å². The Balaban J connectivity index is 1.88. The highest BCUT2D eigenvalue weighted by molar-refractivity contribution is 7.91. The van der Waals surface area contributed by atoms with Gasteiger partial charge in [0.05, 0.1) is 30.5 Å². The zero-order valence-corrected chi connectivity index (χ0v) is 23.5. The van der Waals surface area contributed by atoms with Crippen LogP contribution in [0.1, 0.15) is 12.5 Å². The molecule has 218 valence electrons. The molecule has 2 unspecified atom stereocenters. The van der Waals surface area contributed by atoms with Gasteiger partial charge in [-0.3, -0.25) is 14.4 Å². The van der Waals surface area contributed by atoms with Crippen LogP contribution in [-0.2, 0) is 30.8 Å². The molecule has 0 fully saturated rings. The summed E-state index contributed by atoms with van der Waals surface area (Å²) in [4.78, 5) is 42.7. The van der Waals surface area contributed by atoms with E-state index in [0.29, 0.717) is 5.39 Å². The number of carbonyl (C=O) groups excluding carboxylic acids is 3. The predicted molar refractivity (Wildman–Crippen MR) is 151 cm³/mol. The standard InChI is InChI=1S/C28H30F2N4O6S/c1-17(31-2)26(36)32-21-15-33(25(35)16-41(3,38)39)22-10-6-7-11-23(22)34(27(21)37)14-20-19-9-5-4-8-18(19)12-13-24(20)40-28(29)30/h4-13,17,21,28,31H,14-16H2,1-3H3,(H,32,36). The molecule has 10 nitrogen and oxygen atoms in total. The lowest BCUT2D eigenvalue weighted by molar-refractivity contribution is -0.128. The van der Waals surface area contributed by atoms with E-state index in [1.165, 1.54) is 11.0 Å². The van der Waals surface area contributed by atoms with E-state index in [9.17, 15) is 31.6 Å². The zero-order valence-electron chi connectivity index (χ0n) is 22.6. The van der Waals surface area contributed by atoms with E-state index in [0.717, 1.165) is 16.5 Å². The Labute approximate surface area is 236 Å². The van der Waals surface area contributed by atoms with Crippen LogP contribution < -0.4 is 25.2 Å². The minimum Gasteiger partial charge on any atom is -0.434 e. The van der Waals surface area contributed by atoms with Crippen molar-refractivity contribution >= 4 is 49.7 Å². The smallest absolute Gasteiger partial charge is 0.387 e. The van der Waals surface area contributed by atoms with Crippen molar-refractivity contribution in [2.24, 2.45) is 0 Å². The van der Waals surface area contributed by atoms with Gasteiger partial charge in [-0.15, -0.1) is 0 Å². The number of hydrogen-bond donors (Lipinski definition) is 2. The lowest BCUT2D eigenvalue weighted by Crippen LogP contribution is -2.56. The second-order valence-corrected chi connectivity index (χ2v) is 11.8. The molecular weight excluding hydrogens is 558 g/mol. The molecule has 3 amide bonds. The fourth-order valence-electron chi connectivity index (χ4n) is 4.67. The molecule has 1 aliphatic rings. The number of benzene rings is 3. The van der Waals surface area contributed by atoms with E-state index >= 15 is 0 Å². The number of nitrogens with one attached hydrogen (secondary N) is 2.